The van der Waals surface area contributed by atoms with Crippen molar-refractivity contribution in [1.29, 1.82) is 0 Å². The SMILES string of the molecule is C[C@@H]1Cc2c([nH]c3ccccc23)[C@@H](C2C(F)=CC(CCC(=O)O)=CC2F)N1CC1(F)COC1. The van der Waals surface area contributed by atoms with Crippen LogP contribution in [0.15, 0.2) is 47.8 Å². The van der Waals surface area contributed by atoms with Gasteiger partial charge in [-0.3, -0.25) is 9.69 Å². The van der Waals surface area contributed by atoms with Gasteiger partial charge in [0, 0.05) is 35.6 Å². The zero-order valence-corrected chi connectivity index (χ0v) is 18.4. The Morgan fingerprint density at radius 3 is 2.76 bits per heavy atom. The van der Waals surface area contributed by atoms with Crippen LogP contribution in [0.4, 0.5) is 13.2 Å². The number of carboxylic acids is 1. The summed E-state index contributed by atoms with van der Waals surface area (Å²) in [5.41, 5.74) is 1.41. The van der Waals surface area contributed by atoms with Crippen LogP contribution in [-0.4, -0.2) is 58.6 Å². The molecule has 2 unspecified atom stereocenters. The Morgan fingerprint density at radius 1 is 1.33 bits per heavy atom. The van der Waals surface area contributed by atoms with Gasteiger partial charge < -0.3 is 14.8 Å². The topological polar surface area (TPSA) is 65.6 Å². The molecule has 8 heteroatoms. The van der Waals surface area contributed by atoms with Crippen molar-refractivity contribution in [3.05, 3.63) is 59.1 Å². The molecule has 1 aromatic carbocycles. The number of fused-ring (bicyclic) bond motifs is 3. The summed E-state index contributed by atoms with van der Waals surface area (Å²) in [6.07, 6.45) is 1.40. The first-order chi connectivity index (χ1) is 15.8. The van der Waals surface area contributed by atoms with E-state index in [1.807, 2.05) is 36.1 Å². The lowest BCUT2D eigenvalue weighted by molar-refractivity contribution is -0.152. The molecule has 1 saturated heterocycles. The number of rotatable bonds is 6. The summed E-state index contributed by atoms with van der Waals surface area (Å²) >= 11 is 0. The molecule has 1 aromatic heterocycles. The van der Waals surface area contributed by atoms with Crippen LogP contribution in [0.25, 0.3) is 10.9 Å². The largest absolute Gasteiger partial charge is 0.481 e. The molecule has 1 aliphatic carbocycles. The number of hydrogen-bond acceptors (Lipinski definition) is 3. The molecule has 5 rings (SSSR count). The minimum absolute atomic E-state index is 0.0240. The van der Waals surface area contributed by atoms with Gasteiger partial charge in [0.2, 0.25) is 0 Å². The van der Waals surface area contributed by atoms with Gasteiger partial charge in [-0.05, 0) is 49.1 Å². The Bertz CT molecular complexity index is 1140. The standard InChI is InChI=1S/C25H27F3N2O3/c1-14-8-17-16-4-2-3-5-20(16)29-23(17)24(30(14)11-25(28)12-33-13-25)22-18(26)9-15(10-19(22)27)6-7-21(31)32/h2-5,9-10,14,18,22,24,29H,6-8,11-13H2,1H3,(H,31,32)/t14-,18?,22?,24-/m1/s1. The van der Waals surface area contributed by atoms with E-state index >= 15 is 13.2 Å². The second kappa shape index (κ2) is 8.33. The molecule has 2 aliphatic heterocycles. The Kier molecular flexibility index (Phi) is 5.61. The quantitative estimate of drug-likeness (QED) is 0.650. The molecular weight excluding hydrogens is 433 g/mol. The van der Waals surface area contributed by atoms with E-state index in [4.69, 9.17) is 9.84 Å². The van der Waals surface area contributed by atoms with Crippen LogP contribution in [0, 0.1) is 5.92 Å². The number of alkyl halides is 2. The molecule has 3 heterocycles. The number of aromatic amines is 1. The predicted molar refractivity (Wildman–Crippen MR) is 118 cm³/mol. The highest BCUT2D eigenvalue weighted by Gasteiger charge is 2.49. The molecule has 0 spiro atoms. The number of para-hydroxylation sites is 1. The maximum Gasteiger partial charge on any atom is 0.303 e. The maximum atomic E-state index is 15.6. The number of benzene rings is 1. The van der Waals surface area contributed by atoms with Gasteiger partial charge in [-0.15, -0.1) is 0 Å². The molecule has 0 radical (unpaired) electrons. The number of carbonyl (C=O) groups is 1. The third-order valence-electron chi connectivity index (χ3n) is 7.08. The van der Waals surface area contributed by atoms with Gasteiger partial charge in [0.05, 0.1) is 25.2 Å². The zero-order chi connectivity index (χ0) is 23.3. The fraction of sp³-hybridized carbons (Fsp3) is 0.480. The van der Waals surface area contributed by atoms with Gasteiger partial charge in [0.25, 0.3) is 0 Å². The molecule has 176 valence electrons. The van der Waals surface area contributed by atoms with E-state index in [0.29, 0.717) is 12.0 Å². The average molecular weight is 460 g/mol. The molecule has 5 nitrogen and oxygen atoms in total. The number of halogens is 3. The number of allylic oxidation sites excluding steroid dienone is 3. The number of aromatic nitrogens is 1. The smallest absolute Gasteiger partial charge is 0.303 e. The Balaban J connectivity index is 1.56. The summed E-state index contributed by atoms with van der Waals surface area (Å²) in [5, 5.41) is 9.93. The number of carboxylic acid groups (broad SMARTS) is 1. The minimum atomic E-state index is -1.66. The summed E-state index contributed by atoms with van der Waals surface area (Å²) in [7, 11) is 0. The van der Waals surface area contributed by atoms with Gasteiger partial charge in [-0.25, -0.2) is 13.2 Å². The van der Waals surface area contributed by atoms with Gasteiger partial charge >= 0.3 is 5.97 Å². The van der Waals surface area contributed by atoms with Crippen LogP contribution >= 0.6 is 0 Å². The summed E-state index contributed by atoms with van der Waals surface area (Å²) in [6, 6.07) is 6.89. The van der Waals surface area contributed by atoms with E-state index in [-0.39, 0.29) is 38.6 Å². The number of nitrogens with zero attached hydrogens (tertiary/aromatic N) is 1. The number of H-pyrrole nitrogens is 1. The van der Waals surface area contributed by atoms with Crippen LogP contribution in [-0.2, 0) is 16.0 Å². The summed E-state index contributed by atoms with van der Waals surface area (Å²) < 4.78 is 51.3. The second-order valence-corrected chi connectivity index (χ2v) is 9.51. The third kappa shape index (κ3) is 3.99. The molecule has 2 N–H and O–H groups in total. The van der Waals surface area contributed by atoms with Crippen LogP contribution in [0.2, 0.25) is 0 Å². The highest BCUT2D eigenvalue weighted by atomic mass is 19.1. The van der Waals surface area contributed by atoms with Gasteiger partial charge in [-0.2, -0.15) is 0 Å². The first kappa shape index (κ1) is 22.2. The number of hydrogen-bond donors (Lipinski definition) is 2. The molecule has 3 aliphatic rings. The van der Waals surface area contributed by atoms with Crippen molar-refractivity contribution in [2.75, 3.05) is 19.8 Å². The minimum Gasteiger partial charge on any atom is -0.481 e. The molecule has 2 aromatic rings. The van der Waals surface area contributed by atoms with Crippen molar-refractivity contribution in [3.8, 4) is 0 Å². The lowest BCUT2D eigenvalue weighted by Crippen LogP contribution is -2.58. The third-order valence-corrected chi connectivity index (χ3v) is 7.08. The molecular formula is C25H27F3N2O3. The van der Waals surface area contributed by atoms with Crippen molar-refractivity contribution in [1.82, 2.24) is 9.88 Å². The van der Waals surface area contributed by atoms with Crippen molar-refractivity contribution < 1.29 is 27.8 Å². The van der Waals surface area contributed by atoms with Crippen molar-refractivity contribution in [3.63, 3.8) is 0 Å². The van der Waals surface area contributed by atoms with E-state index in [1.165, 1.54) is 12.2 Å². The van der Waals surface area contributed by atoms with Gasteiger partial charge in [0.15, 0.2) is 5.67 Å². The molecule has 4 atom stereocenters. The number of nitrogens with one attached hydrogen (secondary N) is 1. The predicted octanol–water partition coefficient (Wildman–Crippen LogP) is 4.81. The van der Waals surface area contributed by atoms with Crippen LogP contribution in [0.1, 0.15) is 37.1 Å². The van der Waals surface area contributed by atoms with E-state index in [1.54, 1.807) is 0 Å². The number of ether oxygens (including phenoxy) is 1. The van der Waals surface area contributed by atoms with Crippen molar-refractivity contribution in [2.45, 2.75) is 50.1 Å². The van der Waals surface area contributed by atoms with Crippen LogP contribution in [0.3, 0.4) is 0 Å². The van der Waals surface area contributed by atoms with E-state index in [9.17, 15) is 4.79 Å². The lowest BCUT2D eigenvalue weighted by atomic mass is 9.79. The first-order valence-corrected chi connectivity index (χ1v) is 11.3. The fourth-order valence-electron chi connectivity index (χ4n) is 5.44. The molecule has 33 heavy (non-hydrogen) atoms. The van der Waals surface area contributed by atoms with E-state index in [2.05, 4.69) is 4.98 Å². The van der Waals surface area contributed by atoms with E-state index in [0.717, 1.165) is 22.2 Å². The highest BCUT2D eigenvalue weighted by Crippen LogP contribution is 2.48. The first-order valence-electron chi connectivity index (χ1n) is 11.3. The second-order valence-electron chi connectivity index (χ2n) is 9.51. The summed E-state index contributed by atoms with van der Waals surface area (Å²) in [4.78, 5) is 16.1. The fourth-order valence-corrected chi connectivity index (χ4v) is 5.44. The Hall–Kier alpha value is -2.58. The lowest BCUT2D eigenvalue weighted by Gasteiger charge is -2.48. The van der Waals surface area contributed by atoms with Gasteiger partial charge in [0.1, 0.15) is 12.0 Å². The average Bonchev–Trinajstić information content (AvgIpc) is 3.10. The molecule has 0 amide bonds. The van der Waals surface area contributed by atoms with Crippen molar-refractivity contribution in [2.24, 2.45) is 5.92 Å². The summed E-state index contributed by atoms with van der Waals surface area (Å²) in [5.74, 6) is -2.82. The van der Waals surface area contributed by atoms with Crippen LogP contribution in [0.5, 0.6) is 0 Å². The van der Waals surface area contributed by atoms with Crippen molar-refractivity contribution >= 4 is 16.9 Å². The highest BCUT2D eigenvalue weighted by molar-refractivity contribution is 5.85. The van der Waals surface area contributed by atoms with Gasteiger partial charge in [-0.1, -0.05) is 18.2 Å². The molecule has 1 fully saturated rings. The molecule has 0 bridgehead atoms. The monoisotopic (exact) mass is 460 g/mol. The molecule has 0 saturated carbocycles. The summed E-state index contributed by atoms with van der Waals surface area (Å²) in [6.45, 7) is 1.94. The Labute approximate surface area is 189 Å². The Morgan fingerprint density at radius 2 is 2.09 bits per heavy atom. The van der Waals surface area contributed by atoms with Crippen LogP contribution < -0.4 is 0 Å². The maximum absolute atomic E-state index is 15.6. The normalized spacial score (nSPS) is 29.2. The van der Waals surface area contributed by atoms with E-state index < -0.39 is 35.6 Å². The number of aliphatic carboxylic acids is 1. The zero-order valence-electron chi connectivity index (χ0n) is 18.4.